The molecule has 2 heterocycles. The first-order valence-electron chi connectivity index (χ1n) is 8.42. The Morgan fingerprint density at radius 2 is 1.68 bits per heavy atom. The van der Waals surface area contributed by atoms with Gasteiger partial charge in [-0.1, -0.05) is 39.0 Å². The largest absolute Gasteiger partial charge is 0.460 e. The van der Waals surface area contributed by atoms with E-state index in [9.17, 15) is 9.59 Å². The fraction of sp³-hybridized carbons (Fsp3) is 0.333. The second kappa shape index (κ2) is 6.36. The first kappa shape index (κ1) is 17.2. The molecule has 0 unspecified atom stereocenters. The lowest BCUT2D eigenvalue weighted by molar-refractivity contribution is -0.117. The van der Waals surface area contributed by atoms with Crippen molar-refractivity contribution in [2.24, 2.45) is 0 Å². The van der Waals surface area contributed by atoms with Crippen molar-refractivity contribution in [1.29, 1.82) is 0 Å². The van der Waals surface area contributed by atoms with Gasteiger partial charge in [-0.05, 0) is 25.1 Å². The SMILES string of the molecule is CC(=O)CCc1oc(=O)c2ccccc2c1-c1ccc(C(C)(C)C)o1. The molecule has 0 atom stereocenters. The molecule has 0 N–H and O–H groups in total. The Bertz CT molecular complexity index is 983. The van der Waals surface area contributed by atoms with Crippen LogP contribution in [0.1, 0.15) is 45.6 Å². The number of fused-ring (bicyclic) bond motifs is 1. The van der Waals surface area contributed by atoms with Gasteiger partial charge in [-0.15, -0.1) is 0 Å². The van der Waals surface area contributed by atoms with Gasteiger partial charge in [0.05, 0.1) is 10.9 Å². The summed E-state index contributed by atoms with van der Waals surface area (Å²) >= 11 is 0. The molecule has 0 aliphatic carbocycles. The van der Waals surface area contributed by atoms with E-state index in [0.717, 1.165) is 16.7 Å². The zero-order chi connectivity index (χ0) is 18.2. The van der Waals surface area contributed by atoms with E-state index in [1.54, 1.807) is 12.1 Å². The standard InChI is InChI=1S/C21H22O4/c1-13(22)9-10-17-19(16-11-12-18(24-16)21(2,3)4)14-7-5-6-8-15(14)20(23)25-17/h5-8,11-12H,9-10H2,1-4H3. The summed E-state index contributed by atoms with van der Waals surface area (Å²) in [5.41, 5.74) is 0.246. The van der Waals surface area contributed by atoms with Gasteiger partial charge in [-0.3, -0.25) is 0 Å². The summed E-state index contributed by atoms with van der Waals surface area (Å²) in [6.45, 7) is 7.77. The topological polar surface area (TPSA) is 60.4 Å². The molecule has 0 aliphatic rings. The molecular weight excluding hydrogens is 316 g/mol. The molecule has 2 aromatic heterocycles. The third-order valence-corrected chi connectivity index (χ3v) is 4.21. The summed E-state index contributed by atoms with van der Waals surface area (Å²) < 4.78 is 11.6. The van der Waals surface area contributed by atoms with Crippen molar-refractivity contribution in [3.8, 4) is 11.3 Å². The van der Waals surface area contributed by atoms with Crippen molar-refractivity contribution >= 4 is 16.6 Å². The number of benzene rings is 1. The Morgan fingerprint density at radius 1 is 1.00 bits per heavy atom. The number of hydrogen-bond donors (Lipinski definition) is 0. The van der Waals surface area contributed by atoms with Crippen LogP contribution in [0.25, 0.3) is 22.1 Å². The van der Waals surface area contributed by atoms with Gasteiger partial charge in [0.15, 0.2) is 0 Å². The van der Waals surface area contributed by atoms with Crippen LogP contribution in [0.15, 0.2) is 50.0 Å². The van der Waals surface area contributed by atoms with Gasteiger partial charge in [0.2, 0.25) is 0 Å². The predicted octanol–water partition coefficient (Wildman–Crippen LogP) is 4.87. The molecule has 25 heavy (non-hydrogen) atoms. The fourth-order valence-corrected chi connectivity index (χ4v) is 2.86. The Balaban J connectivity index is 2.25. The summed E-state index contributed by atoms with van der Waals surface area (Å²) in [7, 11) is 0. The van der Waals surface area contributed by atoms with E-state index in [-0.39, 0.29) is 16.8 Å². The molecule has 0 spiro atoms. The van der Waals surface area contributed by atoms with E-state index in [2.05, 4.69) is 20.8 Å². The highest BCUT2D eigenvalue weighted by Crippen LogP contribution is 2.35. The van der Waals surface area contributed by atoms with Crippen LogP contribution in [0, 0.1) is 0 Å². The van der Waals surface area contributed by atoms with E-state index in [0.29, 0.717) is 29.7 Å². The maximum absolute atomic E-state index is 12.3. The first-order chi connectivity index (χ1) is 11.8. The van der Waals surface area contributed by atoms with Crippen molar-refractivity contribution in [1.82, 2.24) is 0 Å². The van der Waals surface area contributed by atoms with E-state index in [1.165, 1.54) is 6.92 Å². The molecule has 130 valence electrons. The zero-order valence-corrected chi connectivity index (χ0v) is 15.0. The number of ketones is 1. The van der Waals surface area contributed by atoms with Crippen LogP contribution in [0.3, 0.4) is 0 Å². The van der Waals surface area contributed by atoms with E-state index in [4.69, 9.17) is 8.83 Å². The van der Waals surface area contributed by atoms with Crippen LogP contribution in [0.4, 0.5) is 0 Å². The Kier molecular flexibility index (Phi) is 4.38. The van der Waals surface area contributed by atoms with E-state index < -0.39 is 0 Å². The van der Waals surface area contributed by atoms with Crippen LogP contribution < -0.4 is 5.63 Å². The molecular formula is C21H22O4. The van der Waals surface area contributed by atoms with Crippen LogP contribution in [-0.2, 0) is 16.6 Å². The van der Waals surface area contributed by atoms with Gasteiger partial charge < -0.3 is 13.6 Å². The smallest absolute Gasteiger partial charge is 0.343 e. The lowest BCUT2D eigenvalue weighted by Gasteiger charge is -2.15. The molecule has 3 rings (SSSR count). The number of Topliss-reactive ketones (excluding diaryl/α,β-unsaturated/α-hetero) is 1. The van der Waals surface area contributed by atoms with Crippen molar-refractivity contribution < 1.29 is 13.6 Å². The van der Waals surface area contributed by atoms with Gasteiger partial charge in [0.25, 0.3) is 0 Å². The van der Waals surface area contributed by atoms with Crippen molar-refractivity contribution in [3.63, 3.8) is 0 Å². The van der Waals surface area contributed by atoms with Gasteiger partial charge in [-0.2, -0.15) is 0 Å². The molecule has 0 amide bonds. The highest BCUT2D eigenvalue weighted by molar-refractivity contribution is 5.95. The van der Waals surface area contributed by atoms with Crippen LogP contribution in [0.5, 0.6) is 0 Å². The molecule has 0 saturated carbocycles. The quantitative estimate of drug-likeness (QED) is 0.681. The maximum atomic E-state index is 12.3. The third-order valence-electron chi connectivity index (χ3n) is 4.21. The average molecular weight is 338 g/mol. The number of aryl methyl sites for hydroxylation is 1. The monoisotopic (exact) mass is 338 g/mol. The van der Waals surface area contributed by atoms with Gasteiger partial charge in [0.1, 0.15) is 23.1 Å². The number of hydrogen-bond acceptors (Lipinski definition) is 4. The predicted molar refractivity (Wildman–Crippen MR) is 97.9 cm³/mol. The van der Waals surface area contributed by atoms with Crippen molar-refractivity contribution in [3.05, 3.63) is 58.3 Å². The molecule has 0 fully saturated rings. The summed E-state index contributed by atoms with van der Waals surface area (Å²) in [5.74, 6) is 2.06. The summed E-state index contributed by atoms with van der Waals surface area (Å²) in [6.07, 6.45) is 0.692. The lowest BCUT2D eigenvalue weighted by atomic mass is 9.94. The zero-order valence-electron chi connectivity index (χ0n) is 15.0. The molecule has 4 heteroatoms. The molecule has 3 aromatic rings. The third kappa shape index (κ3) is 3.43. The number of carbonyl (C=O) groups excluding carboxylic acids is 1. The molecule has 0 saturated heterocycles. The van der Waals surface area contributed by atoms with Crippen LogP contribution in [0.2, 0.25) is 0 Å². The molecule has 4 nitrogen and oxygen atoms in total. The molecule has 0 aliphatic heterocycles. The van der Waals surface area contributed by atoms with E-state index in [1.807, 2.05) is 24.3 Å². The minimum Gasteiger partial charge on any atom is -0.460 e. The summed E-state index contributed by atoms with van der Waals surface area (Å²) in [6, 6.07) is 11.2. The van der Waals surface area contributed by atoms with Crippen LogP contribution >= 0.6 is 0 Å². The van der Waals surface area contributed by atoms with Crippen molar-refractivity contribution in [2.75, 3.05) is 0 Å². The summed E-state index contributed by atoms with van der Waals surface area (Å²) in [5, 5.41) is 1.30. The normalized spacial score (nSPS) is 11.8. The summed E-state index contributed by atoms with van der Waals surface area (Å²) in [4.78, 5) is 23.7. The first-order valence-corrected chi connectivity index (χ1v) is 8.42. The highest BCUT2D eigenvalue weighted by atomic mass is 16.4. The van der Waals surface area contributed by atoms with Crippen LogP contribution in [-0.4, -0.2) is 5.78 Å². The molecule has 0 radical (unpaired) electrons. The maximum Gasteiger partial charge on any atom is 0.343 e. The Hall–Kier alpha value is -2.62. The fourth-order valence-electron chi connectivity index (χ4n) is 2.86. The minimum absolute atomic E-state index is 0.0524. The van der Waals surface area contributed by atoms with Crippen molar-refractivity contribution in [2.45, 2.75) is 46.0 Å². The molecule has 1 aromatic carbocycles. The number of carbonyl (C=O) groups is 1. The van der Waals surface area contributed by atoms with Gasteiger partial charge in [-0.25, -0.2) is 4.79 Å². The number of rotatable bonds is 4. The van der Waals surface area contributed by atoms with Gasteiger partial charge >= 0.3 is 5.63 Å². The second-order valence-electron chi connectivity index (χ2n) is 7.35. The Morgan fingerprint density at radius 3 is 2.28 bits per heavy atom. The number of furan rings is 1. The molecule has 0 bridgehead atoms. The Labute approximate surface area is 146 Å². The minimum atomic E-state index is -0.388. The average Bonchev–Trinajstić information content (AvgIpc) is 3.03. The second-order valence-corrected chi connectivity index (χ2v) is 7.35. The van der Waals surface area contributed by atoms with Gasteiger partial charge in [0, 0.05) is 23.6 Å². The highest BCUT2D eigenvalue weighted by Gasteiger charge is 2.22. The van der Waals surface area contributed by atoms with E-state index >= 15 is 0 Å². The lowest BCUT2D eigenvalue weighted by Crippen LogP contribution is -2.09.